The van der Waals surface area contributed by atoms with Gasteiger partial charge < -0.3 is 10.2 Å². The number of hydrogen-bond acceptors (Lipinski definition) is 5. The Hall–Kier alpha value is -1.36. The lowest BCUT2D eigenvalue weighted by Crippen LogP contribution is -1.98. The molecule has 0 aliphatic rings. The lowest BCUT2D eigenvalue weighted by molar-refractivity contribution is -0.133. The third kappa shape index (κ3) is 4.02. The highest BCUT2D eigenvalue weighted by Gasteiger charge is 2.03. The van der Waals surface area contributed by atoms with E-state index >= 15 is 0 Å². The molecule has 0 fully saturated rings. The zero-order valence-corrected chi connectivity index (χ0v) is 9.85. The number of hydrogen-bond donors (Lipinski definition) is 2. The molecular formula is C10H9NO3S2. The van der Waals surface area contributed by atoms with Crippen molar-refractivity contribution in [3.8, 4) is 5.75 Å². The SMILES string of the molecule is O=C(O)CSCc1ccc(N=C=S)c(O)c1. The van der Waals surface area contributed by atoms with Crippen molar-refractivity contribution >= 4 is 40.8 Å². The number of carbonyl (C=O) groups is 1. The minimum absolute atomic E-state index is 0.0192. The summed E-state index contributed by atoms with van der Waals surface area (Å²) in [5.74, 6) is -0.260. The molecule has 2 N–H and O–H groups in total. The lowest BCUT2D eigenvalue weighted by atomic mass is 10.2. The minimum Gasteiger partial charge on any atom is -0.506 e. The van der Waals surface area contributed by atoms with Gasteiger partial charge in [0, 0.05) is 5.75 Å². The van der Waals surface area contributed by atoms with Crippen molar-refractivity contribution in [2.24, 2.45) is 4.99 Å². The van der Waals surface area contributed by atoms with Crippen LogP contribution in [0.5, 0.6) is 5.75 Å². The van der Waals surface area contributed by atoms with Crippen LogP contribution in [-0.4, -0.2) is 27.1 Å². The third-order valence-corrected chi connectivity index (χ3v) is 2.78. The van der Waals surface area contributed by atoms with E-state index < -0.39 is 5.97 Å². The molecule has 0 aliphatic heterocycles. The summed E-state index contributed by atoms with van der Waals surface area (Å²) in [6, 6.07) is 4.92. The van der Waals surface area contributed by atoms with Gasteiger partial charge in [0.05, 0.1) is 10.9 Å². The second kappa shape index (κ2) is 6.27. The van der Waals surface area contributed by atoms with Gasteiger partial charge in [0.2, 0.25) is 0 Å². The number of carboxylic acids is 1. The Morgan fingerprint density at radius 3 is 2.88 bits per heavy atom. The maximum Gasteiger partial charge on any atom is 0.313 e. The summed E-state index contributed by atoms with van der Waals surface area (Å²) in [5.41, 5.74) is 1.20. The predicted octanol–water partition coefficient (Wildman–Crippen LogP) is 2.44. The van der Waals surface area contributed by atoms with Gasteiger partial charge in [-0.2, -0.15) is 4.99 Å². The van der Waals surface area contributed by atoms with Gasteiger partial charge in [0.1, 0.15) is 11.4 Å². The molecule has 0 radical (unpaired) electrons. The number of isothiocyanates is 1. The number of aliphatic carboxylic acids is 1. The van der Waals surface area contributed by atoms with Gasteiger partial charge in [-0.25, -0.2) is 0 Å². The highest BCUT2D eigenvalue weighted by Crippen LogP contribution is 2.28. The van der Waals surface area contributed by atoms with E-state index in [0.717, 1.165) is 5.56 Å². The van der Waals surface area contributed by atoms with Crippen LogP contribution < -0.4 is 0 Å². The Morgan fingerprint density at radius 2 is 2.31 bits per heavy atom. The summed E-state index contributed by atoms with van der Waals surface area (Å²) in [6.45, 7) is 0. The first-order chi connectivity index (χ1) is 7.63. The molecule has 0 aromatic heterocycles. The van der Waals surface area contributed by atoms with Gasteiger partial charge in [-0.1, -0.05) is 6.07 Å². The molecule has 6 heteroatoms. The van der Waals surface area contributed by atoms with Crippen molar-refractivity contribution in [2.45, 2.75) is 5.75 Å². The Bertz CT molecular complexity index is 442. The number of thiocarbonyl (C=S) groups is 1. The summed E-state index contributed by atoms with van der Waals surface area (Å²) in [6.07, 6.45) is 0. The van der Waals surface area contributed by atoms with Crippen LogP contribution in [0.25, 0.3) is 0 Å². The molecule has 0 atom stereocenters. The molecule has 0 saturated heterocycles. The van der Waals surface area contributed by atoms with Crippen LogP contribution in [0.3, 0.4) is 0 Å². The number of nitrogens with zero attached hydrogens (tertiary/aromatic N) is 1. The summed E-state index contributed by atoms with van der Waals surface area (Å²) < 4.78 is 0. The van der Waals surface area contributed by atoms with E-state index in [1.807, 2.05) is 0 Å². The van der Waals surface area contributed by atoms with E-state index in [1.54, 1.807) is 18.2 Å². The molecule has 0 bridgehead atoms. The van der Waals surface area contributed by atoms with E-state index in [0.29, 0.717) is 11.4 Å². The van der Waals surface area contributed by atoms with Gasteiger partial charge in [-0.05, 0) is 29.9 Å². The van der Waals surface area contributed by atoms with Gasteiger partial charge in [0.15, 0.2) is 0 Å². The number of carboxylic acid groups (broad SMARTS) is 1. The molecule has 1 rings (SSSR count). The smallest absolute Gasteiger partial charge is 0.313 e. The number of benzene rings is 1. The fraction of sp³-hybridized carbons (Fsp3) is 0.200. The molecule has 0 spiro atoms. The van der Waals surface area contributed by atoms with Gasteiger partial charge in [-0.15, -0.1) is 11.8 Å². The van der Waals surface area contributed by atoms with Crippen molar-refractivity contribution in [1.29, 1.82) is 0 Å². The average Bonchev–Trinajstić information content (AvgIpc) is 2.21. The second-order valence-electron chi connectivity index (χ2n) is 2.91. The van der Waals surface area contributed by atoms with E-state index in [4.69, 9.17) is 5.11 Å². The maximum atomic E-state index is 10.3. The summed E-state index contributed by atoms with van der Waals surface area (Å²) in [7, 11) is 0. The molecule has 1 aromatic carbocycles. The molecule has 16 heavy (non-hydrogen) atoms. The molecule has 0 amide bonds. The highest BCUT2D eigenvalue weighted by molar-refractivity contribution is 7.99. The highest BCUT2D eigenvalue weighted by atomic mass is 32.2. The number of phenols is 1. The Labute approximate surface area is 102 Å². The van der Waals surface area contributed by atoms with Gasteiger partial charge in [0.25, 0.3) is 0 Å². The maximum absolute atomic E-state index is 10.3. The molecule has 0 saturated carbocycles. The quantitative estimate of drug-likeness (QED) is 0.624. The fourth-order valence-electron chi connectivity index (χ4n) is 1.06. The van der Waals surface area contributed by atoms with Gasteiger partial charge >= 0.3 is 5.97 Å². The number of rotatable bonds is 5. The van der Waals surface area contributed by atoms with Crippen LogP contribution in [0.15, 0.2) is 23.2 Å². The van der Waals surface area contributed by atoms with Crippen LogP contribution in [0.1, 0.15) is 5.56 Å². The van der Waals surface area contributed by atoms with Crippen LogP contribution in [0.4, 0.5) is 5.69 Å². The van der Waals surface area contributed by atoms with Crippen LogP contribution in [0.2, 0.25) is 0 Å². The average molecular weight is 255 g/mol. The van der Waals surface area contributed by atoms with Crippen molar-refractivity contribution in [2.75, 3.05) is 5.75 Å². The molecular weight excluding hydrogens is 246 g/mol. The van der Waals surface area contributed by atoms with Crippen molar-refractivity contribution in [3.05, 3.63) is 23.8 Å². The van der Waals surface area contributed by atoms with E-state index in [1.165, 1.54) is 11.8 Å². The van der Waals surface area contributed by atoms with E-state index in [-0.39, 0.29) is 11.5 Å². The molecule has 84 valence electrons. The molecule has 0 unspecified atom stereocenters. The van der Waals surface area contributed by atoms with Crippen LogP contribution in [-0.2, 0) is 10.5 Å². The summed E-state index contributed by atoms with van der Waals surface area (Å²) in [5, 5.41) is 20.1. The van der Waals surface area contributed by atoms with Crippen LogP contribution in [0, 0.1) is 0 Å². The van der Waals surface area contributed by atoms with Crippen LogP contribution >= 0.6 is 24.0 Å². The van der Waals surface area contributed by atoms with E-state index in [9.17, 15) is 9.90 Å². The first kappa shape index (κ1) is 12.7. The Balaban J connectivity index is 2.66. The molecule has 4 nitrogen and oxygen atoms in total. The molecule has 0 heterocycles. The topological polar surface area (TPSA) is 69.9 Å². The van der Waals surface area contributed by atoms with Crippen molar-refractivity contribution in [3.63, 3.8) is 0 Å². The first-order valence-electron chi connectivity index (χ1n) is 4.33. The summed E-state index contributed by atoms with van der Waals surface area (Å²) in [4.78, 5) is 14.0. The number of phenolic OH excluding ortho intramolecular Hbond substituents is 1. The molecule has 1 aromatic rings. The zero-order valence-electron chi connectivity index (χ0n) is 8.21. The normalized spacial score (nSPS) is 9.50. The summed E-state index contributed by atoms with van der Waals surface area (Å²) >= 11 is 5.69. The minimum atomic E-state index is -0.851. The zero-order chi connectivity index (χ0) is 12.0. The van der Waals surface area contributed by atoms with Crippen molar-refractivity contribution < 1.29 is 15.0 Å². The molecule has 0 aliphatic carbocycles. The lowest BCUT2D eigenvalue weighted by Gasteiger charge is -2.02. The number of aliphatic imine (C=N–C) groups is 1. The second-order valence-corrected chi connectivity index (χ2v) is 4.08. The predicted molar refractivity (Wildman–Crippen MR) is 66.6 cm³/mol. The largest absolute Gasteiger partial charge is 0.506 e. The Morgan fingerprint density at radius 1 is 1.56 bits per heavy atom. The van der Waals surface area contributed by atoms with Crippen molar-refractivity contribution in [1.82, 2.24) is 0 Å². The third-order valence-electron chi connectivity index (χ3n) is 1.70. The standard InChI is InChI=1S/C10H9NO3S2/c12-9-3-7(4-16-5-10(13)14)1-2-8(9)11-6-15/h1-3,12H,4-5H2,(H,13,14). The number of aromatic hydroxyl groups is 1. The Kier molecular flexibility index (Phi) is 4.98. The number of thioether (sulfide) groups is 1. The van der Waals surface area contributed by atoms with E-state index in [2.05, 4.69) is 22.4 Å². The van der Waals surface area contributed by atoms with Gasteiger partial charge in [-0.3, -0.25) is 4.79 Å². The monoisotopic (exact) mass is 255 g/mol. The first-order valence-corrected chi connectivity index (χ1v) is 5.89. The fourth-order valence-corrected chi connectivity index (χ4v) is 1.85.